The lowest BCUT2D eigenvalue weighted by Crippen LogP contribution is -2.50. The van der Waals surface area contributed by atoms with Gasteiger partial charge in [-0.1, -0.05) is 17.7 Å². The minimum atomic E-state index is -2.95. The third-order valence-electron chi connectivity index (χ3n) is 7.85. The molecule has 3 aliphatic rings. The van der Waals surface area contributed by atoms with Crippen LogP contribution in [0.1, 0.15) is 47.2 Å². The standard InChI is InChI=1S/C26H28ClF2NO4/c1-33-24(32)16-4-7-23-22(10-16)30(12-17-2-3-18(17)13-31)14-25(15-34-23)8-9-26(28,29)21-11-19(27)5-6-20(21)25/h4-7,10-11,17-18,31H,2-3,8-9,12-15H2,1H3/t17-,18-,25?/m0/s1. The first-order valence-corrected chi connectivity index (χ1v) is 12.0. The molecule has 34 heavy (non-hydrogen) atoms. The highest BCUT2D eigenvalue weighted by Gasteiger charge is 2.50. The number of anilines is 1. The van der Waals surface area contributed by atoms with Gasteiger partial charge >= 0.3 is 5.97 Å². The molecule has 1 saturated carbocycles. The van der Waals surface area contributed by atoms with Crippen molar-refractivity contribution in [1.29, 1.82) is 0 Å². The summed E-state index contributed by atoms with van der Waals surface area (Å²) in [6.45, 7) is 1.48. The van der Waals surface area contributed by atoms with Gasteiger partial charge in [-0.05, 0) is 67.0 Å². The fourth-order valence-electron chi connectivity index (χ4n) is 5.67. The van der Waals surface area contributed by atoms with Crippen LogP contribution in [-0.4, -0.2) is 44.5 Å². The summed E-state index contributed by atoms with van der Waals surface area (Å²) in [7, 11) is 1.34. The van der Waals surface area contributed by atoms with Crippen LogP contribution in [-0.2, 0) is 16.1 Å². The number of halogens is 3. The Morgan fingerprint density at radius 3 is 2.68 bits per heavy atom. The number of carbonyl (C=O) groups is 1. The van der Waals surface area contributed by atoms with Gasteiger partial charge in [-0.25, -0.2) is 13.6 Å². The second-order valence-corrected chi connectivity index (χ2v) is 10.2. The van der Waals surface area contributed by atoms with Gasteiger partial charge in [-0.15, -0.1) is 0 Å². The second kappa shape index (κ2) is 8.68. The topological polar surface area (TPSA) is 59.0 Å². The van der Waals surface area contributed by atoms with E-state index in [1.807, 2.05) is 0 Å². The van der Waals surface area contributed by atoms with Crippen molar-refractivity contribution in [2.75, 3.05) is 38.3 Å². The van der Waals surface area contributed by atoms with Gasteiger partial charge in [0.25, 0.3) is 5.92 Å². The van der Waals surface area contributed by atoms with Crippen LogP contribution in [0.2, 0.25) is 5.02 Å². The normalized spacial score (nSPS) is 27.1. The van der Waals surface area contributed by atoms with E-state index < -0.39 is 17.3 Å². The Morgan fingerprint density at radius 1 is 1.18 bits per heavy atom. The number of esters is 1. The van der Waals surface area contributed by atoms with Crippen LogP contribution in [0.25, 0.3) is 0 Å². The van der Waals surface area contributed by atoms with Crippen molar-refractivity contribution in [2.45, 2.75) is 37.0 Å². The molecule has 2 aromatic rings. The maximum atomic E-state index is 14.9. The number of aliphatic hydroxyl groups is 1. The number of hydrogen-bond acceptors (Lipinski definition) is 5. The van der Waals surface area contributed by atoms with Gasteiger partial charge in [0, 0.05) is 42.1 Å². The molecule has 8 heteroatoms. The zero-order valence-electron chi connectivity index (χ0n) is 19.0. The lowest BCUT2D eigenvalue weighted by molar-refractivity contribution is -0.0361. The van der Waals surface area contributed by atoms with Gasteiger partial charge in [-0.2, -0.15) is 0 Å². The molecule has 182 valence electrons. The van der Waals surface area contributed by atoms with E-state index in [9.17, 15) is 18.7 Å². The summed E-state index contributed by atoms with van der Waals surface area (Å²) < 4.78 is 41.0. The third-order valence-corrected chi connectivity index (χ3v) is 8.08. The van der Waals surface area contributed by atoms with Crippen LogP contribution < -0.4 is 9.64 Å². The fourth-order valence-corrected chi connectivity index (χ4v) is 5.84. The number of hydrogen-bond donors (Lipinski definition) is 1. The number of nitrogens with zero attached hydrogens (tertiary/aromatic N) is 1. The Hall–Kier alpha value is -2.38. The van der Waals surface area contributed by atoms with Crippen molar-refractivity contribution < 1.29 is 28.2 Å². The van der Waals surface area contributed by atoms with Gasteiger partial charge in [0.05, 0.1) is 25.0 Å². The fraction of sp³-hybridized carbons (Fsp3) is 0.500. The van der Waals surface area contributed by atoms with Crippen molar-refractivity contribution in [3.05, 3.63) is 58.1 Å². The van der Waals surface area contributed by atoms with Crippen LogP contribution in [0, 0.1) is 11.8 Å². The van der Waals surface area contributed by atoms with Crippen molar-refractivity contribution in [1.82, 2.24) is 0 Å². The quantitative estimate of drug-likeness (QED) is 0.598. The molecule has 1 spiro atoms. The maximum absolute atomic E-state index is 14.9. The molecule has 1 heterocycles. The number of rotatable bonds is 4. The zero-order valence-corrected chi connectivity index (χ0v) is 19.8. The Bertz CT molecular complexity index is 1110. The largest absolute Gasteiger partial charge is 0.490 e. The highest BCUT2D eigenvalue weighted by molar-refractivity contribution is 6.30. The van der Waals surface area contributed by atoms with Crippen LogP contribution >= 0.6 is 11.6 Å². The summed E-state index contributed by atoms with van der Waals surface area (Å²) in [5.74, 6) is -2.30. The molecule has 3 atom stereocenters. The molecule has 0 bridgehead atoms. The van der Waals surface area contributed by atoms with Crippen molar-refractivity contribution in [3.63, 3.8) is 0 Å². The number of carbonyl (C=O) groups excluding carboxylic acids is 1. The highest BCUT2D eigenvalue weighted by Crippen LogP contribution is 2.51. The van der Waals surface area contributed by atoms with Crippen molar-refractivity contribution in [3.8, 4) is 5.75 Å². The van der Waals surface area contributed by atoms with Gasteiger partial charge in [-0.3, -0.25) is 0 Å². The van der Waals surface area contributed by atoms with E-state index in [2.05, 4.69) is 4.90 Å². The third kappa shape index (κ3) is 3.93. The molecule has 1 fully saturated rings. The highest BCUT2D eigenvalue weighted by atomic mass is 35.5. The molecule has 1 N–H and O–H groups in total. The average Bonchev–Trinajstić information content (AvgIpc) is 2.97. The van der Waals surface area contributed by atoms with E-state index in [4.69, 9.17) is 21.1 Å². The number of alkyl halides is 2. The van der Waals surface area contributed by atoms with Gasteiger partial charge in [0.15, 0.2) is 0 Å². The Kier molecular flexibility index (Phi) is 5.97. The van der Waals surface area contributed by atoms with Crippen LogP contribution in [0.5, 0.6) is 5.75 Å². The minimum Gasteiger partial charge on any atom is -0.490 e. The molecule has 1 unspecified atom stereocenters. The smallest absolute Gasteiger partial charge is 0.337 e. The van der Waals surface area contributed by atoms with Crippen LogP contribution in [0.15, 0.2) is 36.4 Å². The summed E-state index contributed by atoms with van der Waals surface area (Å²) in [6, 6.07) is 9.91. The van der Waals surface area contributed by atoms with E-state index in [0.29, 0.717) is 30.0 Å². The molecule has 0 saturated heterocycles. The number of methoxy groups -OCH3 is 1. The molecule has 2 aliphatic carbocycles. The second-order valence-electron chi connectivity index (χ2n) is 9.80. The van der Waals surface area contributed by atoms with Gasteiger partial charge in [0.2, 0.25) is 0 Å². The molecule has 0 radical (unpaired) electrons. The van der Waals surface area contributed by atoms with Gasteiger partial charge < -0.3 is 19.5 Å². The molecular weight excluding hydrogens is 464 g/mol. The predicted octanol–water partition coefficient (Wildman–Crippen LogP) is 5.17. The number of fused-ring (bicyclic) bond motifs is 3. The molecule has 5 rings (SSSR count). The van der Waals surface area contributed by atoms with Crippen LogP contribution in [0.4, 0.5) is 14.5 Å². The average molecular weight is 492 g/mol. The first kappa shape index (κ1) is 23.4. The van der Waals surface area contributed by atoms with E-state index >= 15 is 0 Å². The molecule has 2 aromatic carbocycles. The summed E-state index contributed by atoms with van der Waals surface area (Å²) in [5.41, 5.74) is 1.01. The van der Waals surface area contributed by atoms with E-state index in [1.165, 1.54) is 13.2 Å². The summed E-state index contributed by atoms with van der Waals surface area (Å²) in [4.78, 5) is 14.4. The first-order valence-electron chi connectivity index (χ1n) is 11.7. The first-order chi connectivity index (χ1) is 16.3. The number of aliphatic hydroxyl groups excluding tert-OH is 1. The molecule has 0 aromatic heterocycles. The Morgan fingerprint density at radius 2 is 1.97 bits per heavy atom. The van der Waals surface area contributed by atoms with Crippen LogP contribution in [0.3, 0.4) is 0 Å². The molecule has 0 amide bonds. The van der Waals surface area contributed by atoms with Gasteiger partial charge in [0.1, 0.15) is 5.75 Å². The SMILES string of the molecule is COC(=O)c1ccc2c(c1)N(C[C@@H]1CC[C@H]1CO)CC1(CCC(F)(F)c3cc(Cl)ccc31)CO2. The van der Waals surface area contributed by atoms with E-state index in [0.717, 1.165) is 18.5 Å². The summed E-state index contributed by atoms with van der Waals surface area (Å²) >= 11 is 6.11. The maximum Gasteiger partial charge on any atom is 0.337 e. The Labute approximate surface area is 202 Å². The number of ether oxygens (including phenoxy) is 2. The lowest BCUT2D eigenvalue weighted by Gasteiger charge is -2.45. The van der Waals surface area contributed by atoms with Crippen molar-refractivity contribution >= 4 is 23.3 Å². The monoisotopic (exact) mass is 491 g/mol. The summed E-state index contributed by atoms with van der Waals surface area (Å²) in [5, 5.41) is 10.0. The van der Waals surface area contributed by atoms with E-state index in [1.54, 1.807) is 30.3 Å². The van der Waals surface area contributed by atoms with Crippen molar-refractivity contribution in [2.24, 2.45) is 11.8 Å². The predicted molar refractivity (Wildman–Crippen MR) is 125 cm³/mol. The number of benzene rings is 2. The molecule has 5 nitrogen and oxygen atoms in total. The molecule has 1 aliphatic heterocycles. The minimum absolute atomic E-state index is 0.0344. The Balaban J connectivity index is 1.58. The zero-order chi connectivity index (χ0) is 24.1. The van der Waals surface area contributed by atoms with E-state index in [-0.39, 0.29) is 48.5 Å². The summed E-state index contributed by atoms with van der Waals surface area (Å²) in [6.07, 6.45) is 1.94. The molecular formula is C26H28ClF2NO4. The lowest BCUT2D eigenvalue weighted by atomic mass is 9.68.